The van der Waals surface area contributed by atoms with Gasteiger partial charge in [0.2, 0.25) is 5.95 Å². The van der Waals surface area contributed by atoms with Crippen molar-refractivity contribution in [1.82, 2.24) is 19.9 Å². The van der Waals surface area contributed by atoms with Gasteiger partial charge < -0.3 is 15.8 Å². The molecule has 3 aromatic heterocycles. The number of hydrogen-bond acceptors (Lipinski definition) is 5. The van der Waals surface area contributed by atoms with Crippen LogP contribution in [-0.2, 0) is 6.61 Å². The number of aromatic amines is 1. The van der Waals surface area contributed by atoms with Crippen LogP contribution in [0, 0.1) is 0 Å². The van der Waals surface area contributed by atoms with Crippen molar-refractivity contribution in [3.8, 4) is 22.4 Å². The van der Waals surface area contributed by atoms with Gasteiger partial charge in [0.15, 0.2) is 0 Å². The highest BCUT2D eigenvalue weighted by molar-refractivity contribution is 6.03. The zero-order valence-electron chi connectivity index (χ0n) is 12.8. The molecule has 0 aliphatic carbocycles. The normalized spacial score (nSPS) is 11.0. The Bertz CT molecular complexity index is 1020. The molecule has 0 aliphatic heterocycles. The third-order valence-electron chi connectivity index (χ3n) is 3.94. The second-order valence-corrected chi connectivity index (χ2v) is 5.44. The largest absolute Gasteiger partial charge is 0.392 e. The van der Waals surface area contributed by atoms with Gasteiger partial charge in [0.25, 0.3) is 0 Å². The van der Waals surface area contributed by atoms with Crippen LogP contribution in [0.15, 0.2) is 55.0 Å². The minimum atomic E-state index is 0.00447. The molecule has 0 saturated heterocycles. The van der Waals surface area contributed by atoms with E-state index in [1.165, 1.54) is 0 Å². The smallest absolute Gasteiger partial charge is 0.220 e. The van der Waals surface area contributed by atoms with Crippen molar-refractivity contribution in [3.63, 3.8) is 0 Å². The van der Waals surface area contributed by atoms with Crippen LogP contribution in [0.2, 0.25) is 0 Å². The van der Waals surface area contributed by atoms with E-state index in [0.29, 0.717) is 0 Å². The second-order valence-electron chi connectivity index (χ2n) is 5.44. The lowest BCUT2D eigenvalue weighted by molar-refractivity contribution is 0.282. The molecular formula is C18H15N5O. The van der Waals surface area contributed by atoms with Crippen LogP contribution >= 0.6 is 0 Å². The maximum atomic E-state index is 9.40. The molecule has 24 heavy (non-hydrogen) atoms. The highest BCUT2D eigenvalue weighted by Crippen LogP contribution is 2.35. The van der Waals surface area contributed by atoms with Crippen molar-refractivity contribution in [2.45, 2.75) is 6.61 Å². The molecule has 1 aromatic carbocycles. The number of anilines is 1. The van der Waals surface area contributed by atoms with Crippen molar-refractivity contribution in [2.24, 2.45) is 0 Å². The van der Waals surface area contributed by atoms with E-state index in [1.54, 1.807) is 12.4 Å². The molecule has 118 valence electrons. The first-order chi connectivity index (χ1) is 11.8. The summed E-state index contributed by atoms with van der Waals surface area (Å²) in [6, 6.07) is 11.6. The SMILES string of the molecule is Nc1nccc(-c2c[nH]c3nccc(-c4cccc(CO)c4)c23)n1. The van der Waals surface area contributed by atoms with Gasteiger partial charge in [0.1, 0.15) is 5.65 Å². The Morgan fingerprint density at radius 3 is 2.75 bits per heavy atom. The molecule has 6 heteroatoms. The molecule has 0 atom stereocenters. The lowest BCUT2D eigenvalue weighted by Crippen LogP contribution is -1.95. The number of nitrogen functional groups attached to an aromatic ring is 1. The van der Waals surface area contributed by atoms with Crippen LogP contribution in [0.25, 0.3) is 33.4 Å². The van der Waals surface area contributed by atoms with Gasteiger partial charge in [-0.15, -0.1) is 0 Å². The molecule has 0 saturated carbocycles. The Morgan fingerprint density at radius 2 is 1.92 bits per heavy atom. The van der Waals surface area contributed by atoms with Crippen molar-refractivity contribution in [3.05, 3.63) is 60.6 Å². The van der Waals surface area contributed by atoms with Gasteiger partial charge in [0.05, 0.1) is 12.3 Å². The van der Waals surface area contributed by atoms with E-state index in [-0.39, 0.29) is 12.6 Å². The van der Waals surface area contributed by atoms with Crippen LogP contribution in [-0.4, -0.2) is 25.0 Å². The summed E-state index contributed by atoms with van der Waals surface area (Å²) in [4.78, 5) is 15.8. The number of rotatable bonds is 3. The molecule has 0 unspecified atom stereocenters. The number of H-pyrrole nitrogens is 1. The summed E-state index contributed by atoms with van der Waals surface area (Å²) in [6.07, 6.45) is 5.27. The van der Waals surface area contributed by atoms with E-state index in [2.05, 4.69) is 19.9 Å². The van der Waals surface area contributed by atoms with E-state index < -0.39 is 0 Å². The van der Waals surface area contributed by atoms with E-state index in [9.17, 15) is 5.11 Å². The van der Waals surface area contributed by atoms with Crippen LogP contribution in [0.1, 0.15) is 5.56 Å². The predicted molar refractivity (Wildman–Crippen MR) is 92.9 cm³/mol. The first-order valence-electron chi connectivity index (χ1n) is 7.51. The number of benzene rings is 1. The first kappa shape index (κ1) is 14.3. The summed E-state index contributed by atoms with van der Waals surface area (Å²) in [5, 5.41) is 10.4. The molecule has 0 amide bonds. The Labute approximate surface area is 138 Å². The van der Waals surface area contributed by atoms with Crippen molar-refractivity contribution >= 4 is 17.0 Å². The number of nitrogens with one attached hydrogen (secondary N) is 1. The minimum Gasteiger partial charge on any atom is -0.392 e. The van der Waals surface area contributed by atoms with Crippen molar-refractivity contribution in [2.75, 3.05) is 5.73 Å². The highest BCUT2D eigenvalue weighted by Gasteiger charge is 2.14. The topological polar surface area (TPSA) is 101 Å². The average molecular weight is 317 g/mol. The molecule has 4 rings (SSSR count). The number of fused-ring (bicyclic) bond motifs is 1. The maximum absolute atomic E-state index is 9.40. The standard InChI is InChI=1S/C18H15N5O/c19-18-21-7-5-15(23-18)14-9-22-17-16(14)13(4-6-20-17)12-3-1-2-11(8-12)10-24/h1-9,24H,10H2,(H,20,22)(H2,19,21,23). The number of nitrogens with two attached hydrogens (primary N) is 1. The Morgan fingerprint density at radius 1 is 1.04 bits per heavy atom. The third kappa shape index (κ3) is 2.39. The molecule has 0 bridgehead atoms. The van der Waals surface area contributed by atoms with Gasteiger partial charge in [-0.25, -0.2) is 15.0 Å². The number of aliphatic hydroxyl groups excluding tert-OH is 1. The lowest BCUT2D eigenvalue weighted by atomic mass is 9.98. The van der Waals surface area contributed by atoms with Crippen molar-refractivity contribution < 1.29 is 5.11 Å². The molecule has 0 radical (unpaired) electrons. The highest BCUT2D eigenvalue weighted by atomic mass is 16.3. The average Bonchev–Trinajstić information content (AvgIpc) is 3.06. The molecule has 3 heterocycles. The van der Waals surface area contributed by atoms with E-state index in [1.807, 2.05) is 42.6 Å². The summed E-state index contributed by atoms with van der Waals surface area (Å²) < 4.78 is 0. The Balaban J connectivity index is 1.98. The lowest BCUT2D eigenvalue weighted by Gasteiger charge is -2.07. The van der Waals surface area contributed by atoms with Gasteiger partial charge in [-0.1, -0.05) is 18.2 Å². The van der Waals surface area contributed by atoms with Crippen molar-refractivity contribution in [1.29, 1.82) is 0 Å². The predicted octanol–water partition coefficient (Wildman–Crippen LogP) is 2.76. The van der Waals surface area contributed by atoms with Gasteiger partial charge in [-0.05, 0) is 34.9 Å². The Hall–Kier alpha value is -3.25. The molecule has 6 nitrogen and oxygen atoms in total. The molecule has 0 spiro atoms. The summed E-state index contributed by atoms with van der Waals surface area (Å²) >= 11 is 0. The Kier molecular flexibility index (Phi) is 3.44. The van der Waals surface area contributed by atoms with Crippen LogP contribution in [0.5, 0.6) is 0 Å². The van der Waals surface area contributed by atoms with E-state index in [0.717, 1.165) is 39.0 Å². The fourth-order valence-corrected chi connectivity index (χ4v) is 2.86. The number of hydrogen-bond donors (Lipinski definition) is 3. The first-order valence-corrected chi connectivity index (χ1v) is 7.51. The number of aromatic nitrogens is 4. The summed E-state index contributed by atoms with van der Waals surface area (Å²) in [6.45, 7) is 0.00447. The molecule has 0 fully saturated rings. The summed E-state index contributed by atoms with van der Waals surface area (Å²) in [7, 11) is 0. The molecule has 4 N–H and O–H groups in total. The van der Waals surface area contributed by atoms with Crippen LogP contribution in [0.3, 0.4) is 0 Å². The summed E-state index contributed by atoms with van der Waals surface area (Å²) in [5.41, 5.74) is 11.0. The fourth-order valence-electron chi connectivity index (χ4n) is 2.86. The second kappa shape index (κ2) is 5.75. The number of pyridine rings is 1. The third-order valence-corrected chi connectivity index (χ3v) is 3.94. The minimum absolute atomic E-state index is 0.00447. The summed E-state index contributed by atoms with van der Waals surface area (Å²) in [5.74, 6) is 0.231. The zero-order valence-corrected chi connectivity index (χ0v) is 12.8. The fraction of sp³-hybridized carbons (Fsp3) is 0.0556. The van der Waals surface area contributed by atoms with Crippen LogP contribution < -0.4 is 5.73 Å². The maximum Gasteiger partial charge on any atom is 0.220 e. The molecular weight excluding hydrogens is 302 g/mol. The number of aliphatic hydroxyl groups is 1. The van der Waals surface area contributed by atoms with Gasteiger partial charge >= 0.3 is 0 Å². The quantitative estimate of drug-likeness (QED) is 0.539. The molecule has 4 aromatic rings. The van der Waals surface area contributed by atoms with E-state index in [4.69, 9.17) is 5.73 Å². The van der Waals surface area contributed by atoms with E-state index >= 15 is 0 Å². The molecule has 0 aliphatic rings. The van der Waals surface area contributed by atoms with Crippen LogP contribution in [0.4, 0.5) is 5.95 Å². The van der Waals surface area contributed by atoms with Gasteiger partial charge in [-0.2, -0.15) is 0 Å². The van der Waals surface area contributed by atoms with Gasteiger partial charge in [0, 0.05) is 29.5 Å². The van der Waals surface area contributed by atoms with Gasteiger partial charge in [-0.3, -0.25) is 0 Å². The monoisotopic (exact) mass is 317 g/mol. The number of nitrogens with zero attached hydrogens (tertiary/aromatic N) is 3. The zero-order chi connectivity index (χ0) is 16.5.